The molecule has 0 atom stereocenters. The van der Waals surface area contributed by atoms with Crippen molar-refractivity contribution in [2.75, 3.05) is 26.7 Å². The molecule has 6 heteroatoms. The average molecular weight is 451 g/mol. The van der Waals surface area contributed by atoms with Gasteiger partial charge in [-0.1, -0.05) is 48.5 Å². The van der Waals surface area contributed by atoms with Crippen molar-refractivity contribution in [2.45, 2.75) is 26.5 Å². The molecule has 0 bridgehead atoms. The molecule has 1 N–H and O–H groups in total. The first-order valence-corrected chi connectivity index (χ1v) is 11.1. The Balaban J connectivity index is 1.63. The summed E-state index contributed by atoms with van der Waals surface area (Å²) in [5.41, 5.74) is 3.00. The average Bonchev–Trinajstić information content (AvgIpc) is 2.82. The Morgan fingerprint density at radius 2 is 1.73 bits per heavy atom. The lowest BCUT2D eigenvalue weighted by molar-refractivity contribution is -0.122. The Labute approximate surface area is 195 Å². The van der Waals surface area contributed by atoms with Crippen molar-refractivity contribution >= 4 is 5.91 Å². The van der Waals surface area contributed by atoms with Crippen LogP contribution in [-0.4, -0.2) is 37.6 Å². The molecule has 33 heavy (non-hydrogen) atoms. The van der Waals surface area contributed by atoms with Gasteiger partial charge in [0.05, 0.1) is 13.7 Å². The number of rotatable bonds is 12. The predicted octanol–water partition coefficient (Wildman–Crippen LogP) is 4.59. The fourth-order valence-electron chi connectivity index (χ4n) is 3.57. The van der Waals surface area contributed by atoms with E-state index in [0.29, 0.717) is 31.1 Å². The van der Waals surface area contributed by atoms with Crippen LogP contribution in [0.15, 0.2) is 72.8 Å². The topological polar surface area (TPSA) is 50.8 Å². The molecule has 0 radical (unpaired) electrons. The molecular weight excluding hydrogens is 419 g/mol. The van der Waals surface area contributed by atoms with E-state index in [1.807, 2.05) is 49.4 Å². The number of hydrogen-bond acceptors (Lipinski definition) is 4. The van der Waals surface area contributed by atoms with E-state index < -0.39 is 0 Å². The van der Waals surface area contributed by atoms with Gasteiger partial charge >= 0.3 is 0 Å². The number of ether oxygens (including phenoxy) is 2. The van der Waals surface area contributed by atoms with E-state index in [4.69, 9.17) is 9.47 Å². The van der Waals surface area contributed by atoms with Crippen molar-refractivity contribution < 1.29 is 18.7 Å². The van der Waals surface area contributed by atoms with Gasteiger partial charge in [-0.15, -0.1) is 0 Å². The van der Waals surface area contributed by atoms with Crippen LogP contribution in [0.5, 0.6) is 11.5 Å². The Morgan fingerprint density at radius 1 is 0.939 bits per heavy atom. The van der Waals surface area contributed by atoms with Crippen LogP contribution >= 0.6 is 0 Å². The van der Waals surface area contributed by atoms with Gasteiger partial charge in [0.2, 0.25) is 5.91 Å². The summed E-state index contributed by atoms with van der Waals surface area (Å²) >= 11 is 0. The van der Waals surface area contributed by atoms with Crippen molar-refractivity contribution in [3.05, 3.63) is 95.3 Å². The lowest BCUT2D eigenvalue weighted by Crippen LogP contribution is -2.37. The highest BCUT2D eigenvalue weighted by Crippen LogP contribution is 2.29. The van der Waals surface area contributed by atoms with Gasteiger partial charge in [0.1, 0.15) is 12.4 Å². The van der Waals surface area contributed by atoms with Crippen LogP contribution in [0.25, 0.3) is 0 Å². The minimum Gasteiger partial charge on any atom is -0.493 e. The lowest BCUT2D eigenvalue weighted by atomic mass is 10.1. The molecule has 3 aromatic carbocycles. The van der Waals surface area contributed by atoms with E-state index >= 15 is 0 Å². The fraction of sp³-hybridized carbons (Fsp3) is 0.296. The standard InChI is InChI=1S/C27H31FN2O3/c1-3-29-27(31)19-30(18-22-8-5-4-6-9-22)15-14-21-12-13-25(26(17-21)32-2)33-20-23-10-7-11-24(28)16-23/h4-13,16-17H,3,14-15,18-20H2,1-2H3,(H,29,31). The molecule has 0 unspecified atom stereocenters. The molecule has 0 heterocycles. The number of benzene rings is 3. The molecule has 0 aromatic heterocycles. The Bertz CT molecular complexity index is 1030. The third-order valence-electron chi connectivity index (χ3n) is 5.22. The maximum atomic E-state index is 13.4. The number of likely N-dealkylation sites (N-methyl/N-ethyl adjacent to an activating group) is 1. The zero-order chi connectivity index (χ0) is 23.5. The molecule has 5 nitrogen and oxygen atoms in total. The van der Waals surface area contributed by atoms with E-state index in [2.05, 4.69) is 22.3 Å². The number of halogens is 1. The minimum atomic E-state index is -0.286. The number of amides is 1. The molecule has 0 aliphatic heterocycles. The van der Waals surface area contributed by atoms with Crippen LogP contribution in [0, 0.1) is 5.82 Å². The largest absolute Gasteiger partial charge is 0.493 e. The van der Waals surface area contributed by atoms with Crippen molar-refractivity contribution in [3.8, 4) is 11.5 Å². The maximum Gasteiger partial charge on any atom is 0.234 e. The first kappa shape index (κ1) is 24.3. The van der Waals surface area contributed by atoms with E-state index in [9.17, 15) is 9.18 Å². The molecule has 3 aromatic rings. The third kappa shape index (κ3) is 7.91. The molecular formula is C27H31FN2O3. The highest BCUT2D eigenvalue weighted by Gasteiger charge is 2.13. The second-order valence-corrected chi connectivity index (χ2v) is 7.80. The molecule has 1 amide bonds. The smallest absolute Gasteiger partial charge is 0.234 e. The zero-order valence-electron chi connectivity index (χ0n) is 19.2. The predicted molar refractivity (Wildman–Crippen MR) is 128 cm³/mol. The number of carbonyl (C=O) groups excluding carboxylic acids is 1. The van der Waals surface area contributed by atoms with Gasteiger partial charge in [-0.05, 0) is 54.3 Å². The van der Waals surface area contributed by atoms with Crippen molar-refractivity contribution in [2.24, 2.45) is 0 Å². The summed E-state index contributed by atoms with van der Waals surface area (Å²) < 4.78 is 24.8. The zero-order valence-corrected chi connectivity index (χ0v) is 19.2. The summed E-state index contributed by atoms with van der Waals surface area (Å²) in [5, 5.41) is 2.88. The molecule has 0 spiro atoms. The monoisotopic (exact) mass is 450 g/mol. The van der Waals surface area contributed by atoms with E-state index in [-0.39, 0.29) is 18.3 Å². The minimum absolute atomic E-state index is 0.0205. The maximum absolute atomic E-state index is 13.4. The molecule has 3 rings (SSSR count). The van der Waals surface area contributed by atoms with Gasteiger partial charge in [-0.3, -0.25) is 9.69 Å². The van der Waals surface area contributed by atoms with E-state index in [1.165, 1.54) is 17.7 Å². The highest BCUT2D eigenvalue weighted by atomic mass is 19.1. The second kappa shape index (κ2) is 12.6. The van der Waals surface area contributed by atoms with E-state index in [1.54, 1.807) is 13.2 Å². The van der Waals surface area contributed by atoms with Gasteiger partial charge in [0.25, 0.3) is 0 Å². The summed E-state index contributed by atoms with van der Waals surface area (Å²) in [5.74, 6) is 0.967. The number of hydrogen-bond donors (Lipinski definition) is 1. The first-order chi connectivity index (χ1) is 16.1. The molecule has 0 saturated heterocycles. The molecule has 0 aliphatic rings. The van der Waals surface area contributed by atoms with Crippen LogP contribution in [0.3, 0.4) is 0 Å². The van der Waals surface area contributed by atoms with Gasteiger partial charge in [-0.2, -0.15) is 0 Å². The number of methoxy groups -OCH3 is 1. The van der Waals surface area contributed by atoms with Crippen LogP contribution in [0.1, 0.15) is 23.6 Å². The quantitative estimate of drug-likeness (QED) is 0.438. The van der Waals surface area contributed by atoms with Crippen molar-refractivity contribution in [1.82, 2.24) is 10.2 Å². The van der Waals surface area contributed by atoms with Crippen LogP contribution in [0.4, 0.5) is 4.39 Å². The lowest BCUT2D eigenvalue weighted by Gasteiger charge is -2.22. The van der Waals surface area contributed by atoms with Crippen molar-refractivity contribution in [3.63, 3.8) is 0 Å². The number of nitrogens with one attached hydrogen (secondary N) is 1. The van der Waals surface area contributed by atoms with Gasteiger partial charge in [0.15, 0.2) is 11.5 Å². The van der Waals surface area contributed by atoms with Gasteiger partial charge < -0.3 is 14.8 Å². The summed E-state index contributed by atoms with van der Waals surface area (Å²) in [6.45, 7) is 4.55. The summed E-state index contributed by atoms with van der Waals surface area (Å²) in [4.78, 5) is 14.3. The molecule has 174 valence electrons. The Kier molecular flexibility index (Phi) is 9.27. The fourth-order valence-corrected chi connectivity index (χ4v) is 3.57. The SMILES string of the molecule is CCNC(=O)CN(CCc1ccc(OCc2cccc(F)c2)c(OC)c1)Cc1ccccc1. The number of carbonyl (C=O) groups is 1. The van der Waals surface area contributed by atoms with Crippen LogP contribution in [-0.2, 0) is 24.4 Å². The van der Waals surface area contributed by atoms with Crippen LogP contribution < -0.4 is 14.8 Å². The molecule has 0 aliphatic carbocycles. The van der Waals surface area contributed by atoms with Crippen molar-refractivity contribution in [1.29, 1.82) is 0 Å². The van der Waals surface area contributed by atoms with E-state index in [0.717, 1.165) is 24.1 Å². The summed E-state index contributed by atoms with van der Waals surface area (Å²) in [7, 11) is 1.60. The highest BCUT2D eigenvalue weighted by molar-refractivity contribution is 5.77. The second-order valence-electron chi connectivity index (χ2n) is 7.80. The van der Waals surface area contributed by atoms with Crippen LogP contribution in [0.2, 0.25) is 0 Å². The molecule has 0 saturated carbocycles. The number of nitrogens with zero attached hydrogens (tertiary/aromatic N) is 1. The normalized spacial score (nSPS) is 10.8. The first-order valence-electron chi connectivity index (χ1n) is 11.1. The Hall–Kier alpha value is -3.38. The van der Waals surface area contributed by atoms with Gasteiger partial charge in [0, 0.05) is 19.6 Å². The molecule has 0 fully saturated rings. The third-order valence-corrected chi connectivity index (χ3v) is 5.22. The summed E-state index contributed by atoms with van der Waals surface area (Å²) in [6.07, 6.45) is 0.757. The van der Waals surface area contributed by atoms with Gasteiger partial charge in [-0.25, -0.2) is 4.39 Å². The Morgan fingerprint density at radius 3 is 2.45 bits per heavy atom. The summed E-state index contributed by atoms with van der Waals surface area (Å²) in [6, 6.07) is 22.3.